The first-order valence-electron chi connectivity index (χ1n) is 17.6. The third-order valence-electron chi connectivity index (χ3n) is 3.91. The van der Waals surface area contributed by atoms with E-state index in [4.69, 9.17) is 35.9 Å². The molecule has 1 heterocycles. The number of nitrogens with zero attached hydrogens (tertiary/aromatic N) is 2. The van der Waals surface area contributed by atoms with Crippen molar-refractivity contribution < 1.29 is 40.1 Å². The smallest absolute Gasteiger partial charge is 0.241 e. The van der Waals surface area contributed by atoms with E-state index in [1.165, 1.54) is 0 Å². The number of carbonyl (C=O) groups excluding carboxylic acids is 1. The Hall–Kier alpha value is -1.12. The number of likely N-dealkylation sites (tertiary alicyclic amines) is 1. The molecule has 5 saturated carbocycles. The number of carbonyl (C=O) groups is 1. The van der Waals surface area contributed by atoms with Crippen molar-refractivity contribution >= 4 is 5.91 Å². The highest BCUT2D eigenvalue weighted by molar-refractivity contribution is 5.84. The lowest BCUT2D eigenvalue weighted by Gasteiger charge is -2.61. The summed E-state index contributed by atoms with van der Waals surface area (Å²) >= 11 is 0. The Labute approximate surface area is 167 Å². The first kappa shape index (κ1) is 4.16. The summed E-state index contributed by atoms with van der Waals surface area (Å²) in [5, 5.41) is 21.6. The summed E-state index contributed by atoms with van der Waals surface area (Å²) in [6, 6.07) is -11.4. The zero-order valence-electron chi connectivity index (χ0n) is 33.3. The Morgan fingerprint density at radius 3 is 2.74 bits per heavy atom. The molecule has 0 aromatic heterocycles. The predicted octanol–water partition coefficient (Wildman–Crippen LogP) is 1.16. The van der Waals surface area contributed by atoms with Gasteiger partial charge in [-0.05, 0) is 74.1 Å². The number of piperidine rings is 1. The van der Waals surface area contributed by atoms with Crippen molar-refractivity contribution in [3.63, 3.8) is 0 Å². The monoisotopic (exact) mass is 337 g/mol. The summed E-state index contributed by atoms with van der Waals surface area (Å²) in [6.07, 6.45) is -34.9. The zero-order chi connectivity index (χ0) is 35.9. The maximum atomic E-state index is 14.4. The lowest BCUT2D eigenvalue weighted by molar-refractivity contribution is -0.177. The minimum atomic E-state index is -4.81. The zero-order valence-corrected chi connectivity index (χ0v) is 11.3. The van der Waals surface area contributed by atoms with Gasteiger partial charge in [-0.3, -0.25) is 4.79 Å². The molecule has 6 aliphatic rings. The van der Waals surface area contributed by atoms with Crippen molar-refractivity contribution in [3.05, 3.63) is 0 Å². The number of aliphatic hydroxyl groups is 1. The molecule has 3 N–H and O–H groups in total. The van der Waals surface area contributed by atoms with Gasteiger partial charge >= 0.3 is 0 Å². The van der Waals surface area contributed by atoms with Gasteiger partial charge in [0.1, 0.15) is 6.02 Å². The molecule has 1 aliphatic heterocycles. The molecule has 124 valence electrons. The number of nitrogens with two attached hydrogens (primary N) is 1. The normalized spacial score (nSPS) is 103. The van der Waals surface area contributed by atoms with Crippen molar-refractivity contribution in [2.45, 2.75) is 74.6 Å². The Balaban J connectivity index is 1.98. The van der Waals surface area contributed by atoms with Crippen molar-refractivity contribution in [2.24, 2.45) is 28.8 Å². The molecule has 6 rings (SSSR count). The Morgan fingerprint density at radius 2 is 2.09 bits per heavy atom. The second kappa shape index (κ2) is 4.29. The fourth-order valence-corrected chi connectivity index (χ4v) is 2.90. The van der Waals surface area contributed by atoms with Gasteiger partial charge in [-0.1, -0.05) is 0 Å². The fraction of sp³-hybridized carbons (Fsp3) is 0.889. The average Bonchev–Trinajstić information content (AvgIpc) is 3.17. The highest BCUT2D eigenvalue weighted by Gasteiger charge is 2.62. The third-order valence-corrected chi connectivity index (χ3v) is 3.91. The summed E-state index contributed by atoms with van der Waals surface area (Å²) in [4.78, 5) is 13.7. The molecule has 4 bridgehead atoms. The summed E-state index contributed by atoms with van der Waals surface area (Å²) in [5.41, 5.74) is -3.53. The number of rotatable bonds is 2. The Bertz CT molecular complexity index is 1410. The Morgan fingerprint density at radius 1 is 1.39 bits per heavy atom. The summed E-state index contributed by atoms with van der Waals surface area (Å²) < 4.78 is 189. The van der Waals surface area contributed by atoms with E-state index < -0.39 is 109 Å². The first-order chi connectivity index (χ1) is 19.3. The lowest BCUT2D eigenvalue weighted by atomic mass is 9.46. The topological polar surface area (TPSA) is 90.3 Å². The minimum absolute atomic E-state index is 0.726. The largest absolute Gasteiger partial charge is 0.390 e. The number of amides is 1. The van der Waals surface area contributed by atoms with Crippen LogP contribution in [0.15, 0.2) is 0 Å². The van der Waals surface area contributed by atoms with Crippen LogP contribution in [-0.4, -0.2) is 39.6 Å². The fourth-order valence-electron chi connectivity index (χ4n) is 2.90. The number of fused-ring (bicyclic) bond motifs is 1. The SMILES string of the molecule is [2H]C1([2H])C2([2H])C([2H])([2H])C3(O)C([2H])([2H])C1([2H])C([2H])([2H])C([C@@]([2H])(N)C(=O)N1[C@]([2H])(C#N)C([2H])([2H])[C@]4([2H])C([2H])([2H])[C@]14[2H])(C2([2H])[2H])C3([2H])[2H]. The van der Waals surface area contributed by atoms with Crippen LogP contribution in [0.5, 0.6) is 0 Å². The molecule has 5 heteroatoms. The number of hydrogen-bond acceptors (Lipinski definition) is 4. The van der Waals surface area contributed by atoms with Crippen LogP contribution < -0.4 is 5.73 Å². The molecule has 1 saturated heterocycles. The molecular weight excluding hydrogens is 290 g/mol. The van der Waals surface area contributed by atoms with E-state index in [2.05, 4.69) is 0 Å². The van der Waals surface area contributed by atoms with E-state index in [0.29, 0.717) is 0 Å². The van der Waals surface area contributed by atoms with Crippen molar-refractivity contribution in [1.82, 2.24) is 4.90 Å². The van der Waals surface area contributed by atoms with Crippen LogP contribution in [0.3, 0.4) is 0 Å². The molecule has 1 amide bonds. The van der Waals surface area contributed by atoms with Gasteiger partial charge in [-0.15, -0.1) is 0 Å². The molecular formula is C18H25N3O2. The Kier molecular flexibility index (Phi) is 0.775. The van der Waals surface area contributed by atoms with E-state index in [1.54, 1.807) is 0 Å². The van der Waals surface area contributed by atoms with E-state index in [9.17, 15) is 15.2 Å². The van der Waals surface area contributed by atoms with Crippen molar-refractivity contribution in [3.8, 4) is 6.07 Å². The third kappa shape index (κ3) is 1.88. The molecule has 5 aliphatic carbocycles. The second-order valence-corrected chi connectivity index (χ2v) is 5.45. The van der Waals surface area contributed by atoms with Gasteiger partial charge < -0.3 is 15.7 Å². The summed E-state index contributed by atoms with van der Waals surface area (Å²) in [7, 11) is 0. The molecule has 0 radical (unpaired) electrons. The standard InChI is InChI=1S/C18H25N3O2/c19-8-13-2-12-3-14(12)21(13)16(22)15(20)17-4-10-1-11(5-17)7-18(23,6-10)9-17/h10-15,23H,1-7,9,20H2/t10?,11?,12-,13+,14+,15+,17?,18?/m1/s1/i1D2,2D2,3D2,4D2,5D2,6D2,7D2,9D2,10D,11D,12D,13D,14D,15D. The van der Waals surface area contributed by atoms with Crippen LogP contribution in [0.4, 0.5) is 0 Å². The van der Waals surface area contributed by atoms with Crippen molar-refractivity contribution in [2.75, 3.05) is 0 Å². The van der Waals surface area contributed by atoms with Crippen molar-refractivity contribution in [1.29, 1.82) is 5.26 Å². The van der Waals surface area contributed by atoms with Crippen LogP contribution in [0.1, 0.15) is 81.1 Å². The average molecular weight is 338 g/mol. The predicted molar refractivity (Wildman–Crippen MR) is 82.8 cm³/mol. The van der Waals surface area contributed by atoms with E-state index in [0.717, 1.165) is 6.07 Å². The van der Waals surface area contributed by atoms with Crippen LogP contribution in [0.2, 0.25) is 0 Å². The van der Waals surface area contributed by atoms with Gasteiger partial charge in [0.05, 0.1) is 21.8 Å². The van der Waals surface area contributed by atoms with Gasteiger partial charge in [-0.25, -0.2) is 0 Å². The van der Waals surface area contributed by atoms with Crippen LogP contribution in [0.25, 0.3) is 0 Å². The number of nitriles is 1. The number of hydrogen-bond donors (Lipinski definition) is 2. The minimum Gasteiger partial charge on any atom is -0.390 e. The molecule has 2 unspecified atom stereocenters. The van der Waals surface area contributed by atoms with Gasteiger partial charge in [0.25, 0.3) is 0 Å². The highest BCUT2D eigenvalue weighted by Crippen LogP contribution is 2.63. The van der Waals surface area contributed by atoms with Gasteiger partial charge in [-0.2, -0.15) is 5.26 Å². The molecule has 23 heavy (non-hydrogen) atoms. The van der Waals surface area contributed by atoms with E-state index in [-0.39, 0.29) is 0 Å². The summed E-state index contributed by atoms with van der Waals surface area (Å²) in [5.74, 6) is -15.2. The first-order valence-corrected chi connectivity index (χ1v) is 6.61. The molecule has 6 atom stereocenters. The highest BCUT2D eigenvalue weighted by atomic mass is 16.3. The van der Waals surface area contributed by atoms with E-state index >= 15 is 0 Å². The lowest BCUT2D eigenvalue weighted by Crippen LogP contribution is -2.64. The van der Waals surface area contributed by atoms with E-state index in [1.807, 2.05) is 0 Å². The van der Waals surface area contributed by atoms with Gasteiger partial charge in [0.2, 0.25) is 5.91 Å². The molecule has 5 nitrogen and oxygen atoms in total. The second-order valence-electron chi connectivity index (χ2n) is 5.45. The molecule has 0 aromatic carbocycles. The van der Waals surface area contributed by atoms with Gasteiger partial charge in [0.15, 0.2) is 0 Å². The molecule has 6 fully saturated rings. The van der Waals surface area contributed by atoms with Crippen LogP contribution >= 0.6 is 0 Å². The molecule has 0 aromatic rings. The maximum Gasteiger partial charge on any atom is 0.241 e. The van der Waals surface area contributed by atoms with Crippen LogP contribution in [-0.2, 0) is 4.79 Å². The molecule has 0 spiro atoms. The maximum absolute atomic E-state index is 14.4. The summed E-state index contributed by atoms with van der Waals surface area (Å²) in [6.45, 7) is 0. The van der Waals surface area contributed by atoms with Gasteiger partial charge in [0, 0.05) is 32.1 Å². The van der Waals surface area contributed by atoms with Crippen LogP contribution in [0, 0.1) is 34.4 Å². The quantitative estimate of drug-likeness (QED) is 0.791.